The van der Waals surface area contributed by atoms with Crippen LogP contribution in [0.5, 0.6) is 0 Å². The molecule has 124 valence electrons. The Hall–Kier alpha value is -0.160. The first-order valence-corrected chi connectivity index (χ1v) is 9.07. The lowest BCUT2D eigenvalue weighted by Crippen LogP contribution is -2.48. The summed E-state index contributed by atoms with van der Waals surface area (Å²) in [5.41, 5.74) is 0. The Bertz CT molecular complexity index is 258. The Morgan fingerprint density at radius 2 is 1.48 bits per heavy atom. The standard InChI is InChI=1S/C17H36N4/c1-19(2)11-12-21-15-13-20(14-16-21)10-6-4-3-5-9-18-17-7-8-17/h17-18H,3-16H2,1-2H3. The third-order valence-electron chi connectivity index (χ3n) is 4.74. The molecule has 0 bridgehead atoms. The summed E-state index contributed by atoms with van der Waals surface area (Å²) in [7, 11) is 4.33. The van der Waals surface area contributed by atoms with Gasteiger partial charge >= 0.3 is 0 Å². The highest BCUT2D eigenvalue weighted by atomic mass is 15.3. The highest BCUT2D eigenvalue weighted by Crippen LogP contribution is 2.18. The number of likely N-dealkylation sites (N-methyl/N-ethyl adjacent to an activating group) is 1. The second-order valence-electron chi connectivity index (χ2n) is 7.13. The van der Waals surface area contributed by atoms with Gasteiger partial charge in [0.2, 0.25) is 0 Å². The molecule has 0 radical (unpaired) electrons. The van der Waals surface area contributed by atoms with Crippen molar-refractivity contribution in [2.24, 2.45) is 0 Å². The monoisotopic (exact) mass is 296 g/mol. The quantitative estimate of drug-likeness (QED) is 0.583. The molecule has 4 heteroatoms. The van der Waals surface area contributed by atoms with E-state index in [4.69, 9.17) is 0 Å². The second-order valence-corrected chi connectivity index (χ2v) is 7.13. The van der Waals surface area contributed by atoms with Gasteiger partial charge in [-0.15, -0.1) is 0 Å². The molecule has 1 aliphatic heterocycles. The van der Waals surface area contributed by atoms with Crippen LogP contribution >= 0.6 is 0 Å². The average Bonchev–Trinajstić information content (AvgIpc) is 3.29. The van der Waals surface area contributed by atoms with Crippen molar-refractivity contribution < 1.29 is 0 Å². The summed E-state index contributed by atoms with van der Waals surface area (Å²) in [6.07, 6.45) is 8.41. The minimum atomic E-state index is 0.883. The number of nitrogens with zero attached hydrogens (tertiary/aromatic N) is 3. The molecule has 2 fully saturated rings. The van der Waals surface area contributed by atoms with Gasteiger partial charge in [-0.3, -0.25) is 4.90 Å². The summed E-state index contributed by atoms with van der Waals surface area (Å²) < 4.78 is 0. The largest absolute Gasteiger partial charge is 0.314 e. The molecule has 0 aromatic heterocycles. The average molecular weight is 297 g/mol. The number of unbranched alkanes of at least 4 members (excludes halogenated alkanes) is 3. The van der Waals surface area contributed by atoms with Crippen molar-refractivity contribution in [1.82, 2.24) is 20.0 Å². The Morgan fingerprint density at radius 1 is 0.857 bits per heavy atom. The van der Waals surface area contributed by atoms with E-state index in [0.29, 0.717) is 0 Å². The van der Waals surface area contributed by atoms with E-state index in [1.807, 2.05) is 0 Å². The van der Waals surface area contributed by atoms with E-state index in [2.05, 4.69) is 34.1 Å². The highest BCUT2D eigenvalue weighted by molar-refractivity contribution is 4.80. The molecule has 0 spiro atoms. The maximum absolute atomic E-state index is 3.60. The van der Waals surface area contributed by atoms with E-state index >= 15 is 0 Å². The van der Waals surface area contributed by atoms with Gasteiger partial charge in [-0.25, -0.2) is 0 Å². The van der Waals surface area contributed by atoms with Crippen LogP contribution in [-0.4, -0.2) is 87.2 Å². The molecule has 0 amide bonds. The van der Waals surface area contributed by atoms with Gasteiger partial charge in [0.25, 0.3) is 0 Å². The van der Waals surface area contributed by atoms with Gasteiger partial charge in [-0.2, -0.15) is 0 Å². The molecule has 1 saturated heterocycles. The predicted octanol–water partition coefficient (Wildman–Crippen LogP) is 1.48. The zero-order valence-electron chi connectivity index (χ0n) is 14.3. The number of rotatable bonds is 11. The fourth-order valence-corrected chi connectivity index (χ4v) is 2.99. The SMILES string of the molecule is CN(C)CCN1CCN(CCCCCCNC2CC2)CC1. The summed E-state index contributed by atoms with van der Waals surface area (Å²) in [6.45, 7) is 10.1. The van der Waals surface area contributed by atoms with Crippen LogP contribution in [0.15, 0.2) is 0 Å². The van der Waals surface area contributed by atoms with E-state index in [1.54, 1.807) is 0 Å². The molecule has 1 heterocycles. The molecule has 4 nitrogen and oxygen atoms in total. The van der Waals surface area contributed by atoms with Crippen LogP contribution in [0.4, 0.5) is 0 Å². The molecule has 0 atom stereocenters. The van der Waals surface area contributed by atoms with Gasteiger partial charge in [0, 0.05) is 45.3 Å². The molecule has 0 aromatic carbocycles. The zero-order valence-corrected chi connectivity index (χ0v) is 14.3. The van der Waals surface area contributed by atoms with Crippen molar-refractivity contribution in [2.45, 2.75) is 44.6 Å². The van der Waals surface area contributed by atoms with Crippen molar-refractivity contribution in [1.29, 1.82) is 0 Å². The summed E-state index contributed by atoms with van der Waals surface area (Å²) in [5.74, 6) is 0. The van der Waals surface area contributed by atoms with Crippen molar-refractivity contribution in [3.05, 3.63) is 0 Å². The topological polar surface area (TPSA) is 21.8 Å². The molecule has 2 rings (SSSR count). The Balaban J connectivity index is 1.38. The van der Waals surface area contributed by atoms with E-state index in [1.165, 1.54) is 90.9 Å². The normalized spacial score (nSPS) is 21.3. The van der Waals surface area contributed by atoms with Crippen molar-refractivity contribution in [3.8, 4) is 0 Å². The second kappa shape index (κ2) is 9.78. The molecule has 21 heavy (non-hydrogen) atoms. The molecule has 1 saturated carbocycles. The lowest BCUT2D eigenvalue weighted by atomic mass is 10.1. The number of piperazine rings is 1. The van der Waals surface area contributed by atoms with Crippen LogP contribution in [0.25, 0.3) is 0 Å². The van der Waals surface area contributed by atoms with E-state index in [9.17, 15) is 0 Å². The third kappa shape index (κ3) is 8.15. The highest BCUT2D eigenvalue weighted by Gasteiger charge is 2.19. The Labute approximate surface area is 131 Å². The van der Waals surface area contributed by atoms with Crippen LogP contribution in [0.3, 0.4) is 0 Å². The maximum atomic E-state index is 3.60. The molecule has 1 N–H and O–H groups in total. The predicted molar refractivity (Wildman–Crippen MR) is 90.9 cm³/mol. The first-order valence-electron chi connectivity index (χ1n) is 9.07. The molecule has 0 aromatic rings. The van der Waals surface area contributed by atoms with Gasteiger partial charge in [0.15, 0.2) is 0 Å². The molecule has 0 unspecified atom stereocenters. The number of hydrogen-bond acceptors (Lipinski definition) is 4. The number of nitrogens with one attached hydrogen (secondary N) is 1. The van der Waals surface area contributed by atoms with Gasteiger partial charge in [0.1, 0.15) is 0 Å². The molecular weight excluding hydrogens is 260 g/mol. The van der Waals surface area contributed by atoms with Gasteiger partial charge in [-0.1, -0.05) is 12.8 Å². The Kier molecular flexibility index (Phi) is 8.01. The van der Waals surface area contributed by atoms with Crippen LogP contribution in [0.1, 0.15) is 38.5 Å². The summed E-state index contributed by atoms with van der Waals surface area (Å²) in [4.78, 5) is 7.55. The molecule has 1 aliphatic carbocycles. The zero-order chi connectivity index (χ0) is 14.9. The number of hydrogen-bond donors (Lipinski definition) is 1. The minimum Gasteiger partial charge on any atom is -0.314 e. The van der Waals surface area contributed by atoms with E-state index in [-0.39, 0.29) is 0 Å². The van der Waals surface area contributed by atoms with Gasteiger partial charge < -0.3 is 15.1 Å². The lowest BCUT2D eigenvalue weighted by Gasteiger charge is -2.35. The first kappa shape index (κ1) is 17.2. The first-order chi connectivity index (χ1) is 10.2. The van der Waals surface area contributed by atoms with Crippen molar-refractivity contribution >= 4 is 0 Å². The summed E-state index contributed by atoms with van der Waals surface area (Å²) >= 11 is 0. The van der Waals surface area contributed by atoms with Crippen LogP contribution in [0.2, 0.25) is 0 Å². The van der Waals surface area contributed by atoms with Gasteiger partial charge in [-0.05, 0) is 52.9 Å². The molecular formula is C17H36N4. The fraction of sp³-hybridized carbons (Fsp3) is 1.00. The van der Waals surface area contributed by atoms with Gasteiger partial charge in [0.05, 0.1) is 0 Å². The molecule has 2 aliphatic rings. The smallest absolute Gasteiger partial charge is 0.0110 e. The lowest BCUT2D eigenvalue weighted by molar-refractivity contribution is 0.124. The maximum Gasteiger partial charge on any atom is 0.0110 e. The van der Waals surface area contributed by atoms with Crippen LogP contribution < -0.4 is 5.32 Å². The Morgan fingerprint density at radius 3 is 2.10 bits per heavy atom. The van der Waals surface area contributed by atoms with E-state index in [0.717, 1.165) is 6.04 Å². The third-order valence-corrected chi connectivity index (χ3v) is 4.74. The van der Waals surface area contributed by atoms with Crippen molar-refractivity contribution in [2.75, 3.05) is 66.5 Å². The van der Waals surface area contributed by atoms with Crippen LogP contribution in [-0.2, 0) is 0 Å². The minimum absolute atomic E-state index is 0.883. The fourth-order valence-electron chi connectivity index (χ4n) is 2.99. The van der Waals surface area contributed by atoms with Crippen molar-refractivity contribution in [3.63, 3.8) is 0 Å². The summed E-state index contributed by atoms with van der Waals surface area (Å²) in [6, 6.07) is 0.883. The van der Waals surface area contributed by atoms with E-state index < -0.39 is 0 Å². The van der Waals surface area contributed by atoms with Crippen LogP contribution in [0, 0.1) is 0 Å². The summed E-state index contributed by atoms with van der Waals surface area (Å²) in [5, 5.41) is 3.60.